The molecule has 8 heteroatoms. The molecule has 1 amide bonds. The average molecular weight is 484 g/mol. The third-order valence-electron chi connectivity index (χ3n) is 7.22. The van der Waals surface area contributed by atoms with Gasteiger partial charge in [0.05, 0.1) is 41.3 Å². The summed E-state index contributed by atoms with van der Waals surface area (Å²) in [6, 6.07) is 12.9. The molecule has 0 radical (unpaired) electrons. The fraction of sp³-hybridized carbons (Fsp3) is 0.296. The fourth-order valence-corrected chi connectivity index (χ4v) is 6.60. The minimum Gasteiger partial charge on any atom is -0.381 e. The number of benzene rings is 1. The lowest BCUT2D eigenvalue weighted by Gasteiger charge is -2.28. The van der Waals surface area contributed by atoms with Crippen LogP contribution in [0.15, 0.2) is 43.0 Å². The van der Waals surface area contributed by atoms with Gasteiger partial charge in [-0.2, -0.15) is 0 Å². The summed E-state index contributed by atoms with van der Waals surface area (Å²) in [5, 5.41) is 8.67. The first kappa shape index (κ1) is 20.8. The number of anilines is 2. The zero-order chi connectivity index (χ0) is 23.7. The van der Waals surface area contributed by atoms with E-state index in [1.54, 1.807) is 6.08 Å². The van der Waals surface area contributed by atoms with Crippen LogP contribution in [0.2, 0.25) is 0 Å². The third-order valence-corrected chi connectivity index (χ3v) is 8.38. The molecular weight excluding hydrogens is 458 g/mol. The summed E-state index contributed by atoms with van der Waals surface area (Å²) in [5.41, 5.74) is 4.57. The van der Waals surface area contributed by atoms with E-state index in [0.29, 0.717) is 18.7 Å². The van der Waals surface area contributed by atoms with Crippen LogP contribution in [0.1, 0.15) is 28.7 Å². The molecule has 3 aromatic heterocycles. The molecule has 6 heterocycles. The quantitative estimate of drug-likeness (QED) is 0.441. The smallest absolute Gasteiger partial charge is 0.263 e. The molecule has 2 fully saturated rings. The molecule has 0 saturated carbocycles. The van der Waals surface area contributed by atoms with Crippen LogP contribution in [-0.2, 0) is 4.74 Å². The Labute approximate surface area is 206 Å². The first-order valence-electron chi connectivity index (χ1n) is 12.0. The third kappa shape index (κ3) is 3.31. The zero-order valence-corrected chi connectivity index (χ0v) is 20.2. The molecule has 3 atom stereocenters. The van der Waals surface area contributed by atoms with Gasteiger partial charge in [-0.25, -0.2) is 9.97 Å². The van der Waals surface area contributed by atoms with E-state index in [0.717, 1.165) is 73.9 Å². The summed E-state index contributed by atoms with van der Waals surface area (Å²) >= 11 is 1.53. The van der Waals surface area contributed by atoms with Crippen molar-refractivity contribution in [2.45, 2.75) is 31.5 Å². The summed E-state index contributed by atoms with van der Waals surface area (Å²) < 4.78 is 6.86. The Balaban J connectivity index is 1.34. The SMILES string of the molecule is C=Cc1cc(-c2ccc3c(ccc4sc5c(c43)NC[C@@H](C)NC5=O)n2)cc(N2CC3CC2CO3)n1. The lowest BCUT2D eigenvalue weighted by atomic mass is 10.1. The highest BCUT2D eigenvalue weighted by Gasteiger charge is 2.39. The number of hydrogen-bond acceptors (Lipinski definition) is 7. The van der Waals surface area contributed by atoms with Crippen molar-refractivity contribution in [1.82, 2.24) is 15.3 Å². The summed E-state index contributed by atoms with van der Waals surface area (Å²) in [4.78, 5) is 25.7. The number of thiophene rings is 1. The lowest BCUT2D eigenvalue weighted by Crippen LogP contribution is -2.37. The second-order valence-corrected chi connectivity index (χ2v) is 10.7. The van der Waals surface area contributed by atoms with Crippen LogP contribution in [0.5, 0.6) is 0 Å². The Morgan fingerprint density at radius 1 is 1.23 bits per heavy atom. The fourth-order valence-electron chi connectivity index (χ4n) is 5.50. The van der Waals surface area contributed by atoms with E-state index in [1.807, 2.05) is 19.1 Å². The molecule has 3 aliphatic rings. The number of fused-ring (bicyclic) bond motifs is 7. The van der Waals surface area contributed by atoms with Crippen molar-refractivity contribution in [2.75, 3.05) is 29.9 Å². The Morgan fingerprint density at radius 3 is 2.94 bits per heavy atom. The molecule has 2 unspecified atom stereocenters. The molecule has 2 N–H and O–H groups in total. The number of carbonyl (C=O) groups excluding carboxylic acids is 1. The number of ether oxygens (including phenoxy) is 1. The van der Waals surface area contributed by atoms with Crippen molar-refractivity contribution in [3.05, 3.63) is 53.5 Å². The standard InChI is InChI=1S/C27H25N5O2S/c1-3-16-8-15(9-23(30-16)32-12-18-10-17(32)13-34-18)20-5-4-19-21(31-20)6-7-22-24(19)25-26(35-22)27(33)29-14(2)11-28-25/h3-9,14,17-18,28H,1,10-13H2,2H3,(H,29,33)/t14-,17?,18?/m1/s1. The highest BCUT2D eigenvalue weighted by atomic mass is 32.1. The van der Waals surface area contributed by atoms with Crippen LogP contribution in [0.4, 0.5) is 11.5 Å². The number of nitrogens with one attached hydrogen (secondary N) is 2. The van der Waals surface area contributed by atoms with Gasteiger partial charge in [-0.05, 0) is 55.8 Å². The molecule has 2 saturated heterocycles. The van der Waals surface area contributed by atoms with E-state index in [-0.39, 0.29) is 11.9 Å². The number of aromatic nitrogens is 2. The van der Waals surface area contributed by atoms with Gasteiger partial charge in [0.1, 0.15) is 10.7 Å². The molecule has 4 aromatic rings. The van der Waals surface area contributed by atoms with Gasteiger partial charge in [0.2, 0.25) is 0 Å². The highest BCUT2D eigenvalue weighted by molar-refractivity contribution is 7.21. The van der Waals surface area contributed by atoms with Gasteiger partial charge >= 0.3 is 0 Å². The lowest BCUT2D eigenvalue weighted by molar-refractivity contribution is 0.0949. The summed E-state index contributed by atoms with van der Waals surface area (Å²) in [6.45, 7) is 8.30. The maximum atomic E-state index is 12.7. The number of carbonyl (C=O) groups is 1. The maximum absolute atomic E-state index is 12.7. The minimum atomic E-state index is -0.0151. The first-order valence-corrected chi connectivity index (χ1v) is 12.8. The van der Waals surface area contributed by atoms with E-state index < -0.39 is 0 Å². The molecule has 35 heavy (non-hydrogen) atoms. The Morgan fingerprint density at radius 2 is 2.14 bits per heavy atom. The maximum Gasteiger partial charge on any atom is 0.263 e. The van der Waals surface area contributed by atoms with E-state index in [4.69, 9.17) is 14.7 Å². The summed E-state index contributed by atoms with van der Waals surface area (Å²) in [5.74, 6) is 0.941. The van der Waals surface area contributed by atoms with Gasteiger partial charge in [0, 0.05) is 40.2 Å². The molecular formula is C27H25N5O2S. The van der Waals surface area contributed by atoms with E-state index in [2.05, 4.69) is 46.4 Å². The number of pyridine rings is 2. The van der Waals surface area contributed by atoms with Crippen LogP contribution in [-0.4, -0.2) is 53.8 Å². The Bertz CT molecular complexity index is 1530. The molecule has 2 bridgehead atoms. The van der Waals surface area contributed by atoms with Crippen molar-refractivity contribution < 1.29 is 9.53 Å². The van der Waals surface area contributed by atoms with Crippen LogP contribution in [0, 0.1) is 0 Å². The predicted octanol–water partition coefficient (Wildman–Crippen LogP) is 4.68. The predicted molar refractivity (Wildman–Crippen MR) is 141 cm³/mol. The Hall–Kier alpha value is -3.49. The summed E-state index contributed by atoms with van der Waals surface area (Å²) in [7, 11) is 0. The second kappa shape index (κ2) is 7.76. The van der Waals surface area contributed by atoms with E-state index in [9.17, 15) is 4.79 Å². The van der Waals surface area contributed by atoms with Crippen LogP contribution in [0.25, 0.3) is 38.3 Å². The van der Waals surface area contributed by atoms with Gasteiger partial charge in [-0.15, -0.1) is 11.3 Å². The van der Waals surface area contributed by atoms with Gasteiger partial charge in [0.15, 0.2) is 0 Å². The molecule has 7 nitrogen and oxygen atoms in total. The van der Waals surface area contributed by atoms with Gasteiger partial charge in [-0.1, -0.05) is 6.58 Å². The van der Waals surface area contributed by atoms with Crippen molar-refractivity contribution in [2.24, 2.45) is 0 Å². The number of rotatable bonds is 3. The van der Waals surface area contributed by atoms with Crippen LogP contribution < -0.4 is 15.5 Å². The van der Waals surface area contributed by atoms with Crippen molar-refractivity contribution in [3.8, 4) is 11.3 Å². The van der Waals surface area contributed by atoms with Crippen LogP contribution in [0.3, 0.4) is 0 Å². The molecule has 3 aliphatic heterocycles. The molecule has 7 rings (SSSR count). The van der Waals surface area contributed by atoms with Crippen molar-refractivity contribution in [3.63, 3.8) is 0 Å². The number of nitrogens with zero attached hydrogens (tertiary/aromatic N) is 3. The van der Waals surface area contributed by atoms with Crippen molar-refractivity contribution in [1.29, 1.82) is 0 Å². The molecule has 0 spiro atoms. The monoisotopic (exact) mass is 483 g/mol. The summed E-state index contributed by atoms with van der Waals surface area (Å²) in [6.07, 6.45) is 3.16. The van der Waals surface area contributed by atoms with Crippen molar-refractivity contribution >= 4 is 55.8 Å². The minimum absolute atomic E-state index is 0.0151. The molecule has 0 aliphatic carbocycles. The number of hydrogen-bond donors (Lipinski definition) is 2. The zero-order valence-electron chi connectivity index (χ0n) is 19.4. The van der Waals surface area contributed by atoms with Gasteiger partial charge in [-0.3, -0.25) is 4.79 Å². The molecule has 1 aromatic carbocycles. The highest BCUT2D eigenvalue weighted by Crippen LogP contribution is 2.41. The second-order valence-electron chi connectivity index (χ2n) is 9.60. The number of morpholine rings is 1. The van der Waals surface area contributed by atoms with E-state index in [1.165, 1.54) is 11.3 Å². The van der Waals surface area contributed by atoms with Gasteiger partial charge < -0.3 is 20.3 Å². The molecule has 176 valence electrons. The van der Waals surface area contributed by atoms with Crippen LogP contribution >= 0.6 is 11.3 Å². The normalized spacial score (nSPS) is 23.3. The van der Waals surface area contributed by atoms with E-state index >= 15 is 0 Å². The Kier molecular flexibility index (Phi) is 4.62. The number of amides is 1. The van der Waals surface area contributed by atoms with Gasteiger partial charge in [0.25, 0.3) is 5.91 Å². The largest absolute Gasteiger partial charge is 0.381 e. The topological polar surface area (TPSA) is 79.4 Å². The first-order chi connectivity index (χ1) is 17.1. The average Bonchev–Trinajstić information content (AvgIpc) is 3.59.